The zero-order chi connectivity index (χ0) is 13.6. The highest BCUT2D eigenvalue weighted by molar-refractivity contribution is 8.00. The van der Waals surface area contributed by atoms with Crippen molar-refractivity contribution in [3.63, 3.8) is 0 Å². The molecule has 1 N–H and O–H groups in total. The molecule has 1 aromatic carbocycles. The first-order valence-electron chi connectivity index (χ1n) is 6.16. The van der Waals surface area contributed by atoms with Gasteiger partial charge in [0.15, 0.2) is 4.34 Å². The van der Waals surface area contributed by atoms with Gasteiger partial charge in [0, 0.05) is 5.75 Å². The van der Waals surface area contributed by atoms with E-state index in [2.05, 4.69) is 27.6 Å². The summed E-state index contributed by atoms with van der Waals surface area (Å²) in [6.45, 7) is 0.630. The van der Waals surface area contributed by atoms with Crippen molar-refractivity contribution in [1.29, 1.82) is 0 Å². The highest BCUT2D eigenvalue weighted by Gasteiger charge is 2.05. The van der Waals surface area contributed by atoms with Gasteiger partial charge in [-0.2, -0.15) is 0 Å². The number of furan rings is 1. The Hall–Kier alpha value is -1.79. The van der Waals surface area contributed by atoms with Crippen LogP contribution in [0.5, 0.6) is 0 Å². The fourth-order valence-electron chi connectivity index (χ4n) is 1.63. The van der Waals surface area contributed by atoms with Crippen molar-refractivity contribution in [3.05, 3.63) is 60.1 Å². The third-order valence-corrected chi connectivity index (χ3v) is 4.69. The lowest BCUT2D eigenvalue weighted by Crippen LogP contribution is -1.96. The summed E-state index contributed by atoms with van der Waals surface area (Å²) >= 11 is 3.26. The Morgan fingerprint density at radius 1 is 1.10 bits per heavy atom. The van der Waals surface area contributed by atoms with Crippen molar-refractivity contribution in [1.82, 2.24) is 10.2 Å². The summed E-state index contributed by atoms with van der Waals surface area (Å²) in [5.74, 6) is 1.80. The van der Waals surface area contributed by atoms with E-state index in [-0.39, 0.29) is 0 Å². The van der Waals surface area contributed by atoms with E-state index in [9.17, 15) is 0 Å². The standard InChI is InChI=1S/C14H13N3OS2/c1-2-5-11(6-3-1)10-19-14-17-16-13(20-14)15-9-12-7-4-8-18-12/h1-8H,9-10H2,(H,15,16). The summed E-state index contributed by atoms with van der Waals surface area (Å²) in [4.78, 5) is 0. The van der Waals surface area contributed by atoms with Gasteiger partial charge in [-0.25, -0.2) is 0 Å². The van der Waals surface area contributed by atoms with E-state index in [1.165, 1.54) is 5.56 Å². The lowest BCUT2D eigenvalue weighted by molar-refractivity contribution is 0.518. The Bertz CT molecular complexity index is 638. The SMILES string of the molecule is c1ccc(CSc2nnc(NCc3ccco3)s2)cc1. The van der Waals surface area contributed by atoms with Gasteiger partial charge in [-0.3, -0.25) is 0 Å². The largest absolute Gasteiger partial charge is 0.467 e. The second-order valence-electron chi connectivity index (χ2n) is 4.08. The van der Waals surface area contributed by atoms with Crippen LogP contribution in [0.3, 0.4) is 0 Å². The predicted molar refractivity (Wildman–Crippen MR) is 81.9 cm³/mol. The molecule has 0 bridgehead atoms. The van der Waals surface area contributed by atoms with Crippen molar-refractivity contribution in [2.45, 2.75) is 16.6 Å². The number of nitrogens with zero attached hydrogens (tertiary/aromatic N) is 2. The molecule has 0 fully saturated rings. The monoisotopic (exact) mass is 303 g/mol. The molecule has 20 heavy (non-hydrogen) atoms. The van der Waals surface area contributed by atoms with E-state index in [1.54, 1.807) is 29.4 Å². The zero-order valence-corrected chi connectivity index (χ0v) is 12.3. The number of hydrogen-bond acceptors (Lipinski definition) is 6. The molecular formula is C14H13N3OS2. The molecule has 0 spiro atoms. The Balaban J connectivity index is 1.51. The molecule has 0 saturated heterocycles. The van der Waals surface area contributed by atoms with Crippen LogP contribution in [-0.2, 0) is 12.3 Å². The molecule has 0 aliphatic rings. The van der Waals surface area contributed by atoms with E-state index in [4.69, 9.17) is 4.42 Å². The summed E-state index contributed by atoms with van der Waals surface area (Å²) in [5.41, 5.74) is 1.29. The molecule has 3 rings (SSSR count). The van der Waals surface area contributed by atoms with E-state index in [0.717, 1.165) is 21.0 Å². The first kappa shape index (κ1) is 13.2. The van der Waals surface area contributed by atoms with Crippen LogP contribution in [0.25, 0.3) is 0 Å². The summed E-state index contributed by atoms with van der Waals surface area (Å²) in [6.07, 6.45) is 1.66. The minimum atomic E-state index is 0.630. The van der Waals surface area contributed by atoms with Crippen LogP contribution in [0, 0.1) is 0 Å². The quantitative estimate of drug-likeness (QED) is 0.697. The molecule has 0 amide bonds. The van der Waals surface area contributed by atoms with Gasteiger partial charge in [0.1, 0.15) is 5.76 Å². The van der Waals surface area contributed by atoms with Crippen molar-refractivity contribution in [3.8, 4) is 0 Å². The molecule has 3 aromatic rings. The Morgan fingerprint density at radius 3 is 2.80 bits per heavy atom. The van der Waals surface area contributed by atoms with Crippen LogP contribution in [0.1, 0.15) is 11.3 Å². The average molecular weight is 303 g/mol. The van der Waals surface area contributed by atoms with Gasteiger partial charge in [0.05, 0.1) is 12.8 Å². The summed E-state index contributed by atoms with van der Waals surface area (Å²) in [7, 11) is 0. The van der Waals surface area contributed by atoms with Gasteiger partial charge in [-0.15, -0.1) is 10.2 Å². The number of aromatic nitrogens is 2. The van der Waals surface area contributed by atoms with Crippen LogP contribution in [0.4, 0.5) is 5.13 Å². The van der Waals surface area contributed by atoms with Crippen LogP contribution in [0.15, 0.2) is 57.5 Å². The second-order valence-corrected chi connectivity index (χ2v) is 6.28. The second kappa shape index (κ2) is 6.58. The minimum Gasteiger partial charge on any atom is -0.467 e. The van der Waals surface area contributed by atoms with Crippen molar-refractivity contribution < 1.29 is 4.42 Å². The van der Waals surface area contributed by atoms with Gasteiger partial charge in [0.2, 0.25) is 5.13 Å². The predicted octanol–water partition coefficient (Wildman–Crippen LogP) is 4.04. The molecule has 2 aromatic heterocycles. The van der Waals surface area contributed by atoms with Crippen LogP contribution >= 0.6 is 23.1 Å². The van der Waals surface area contributed by atoms with Crippen molar-refractivity contribution in [2.75, 3.05) is 5.32 Å². The highest BCUT2D eigenvalue weighted by Crippen LogP contribution is 2.28. The number of anilines is 1. The molecule has 6 heteroatoms. The van der Waals surface area contributed by atoms with E-state index in [0.29, 0.717) is 6.54 Å². The zero-order valence-electron chi connectivity index (χ0n) is 10.7. The molecule has 0 radical (unpaired) electrons. The Kier molecular flexibility index (Phi) is 4.35. The minimum absolute atomic E-state index is 0.630. The first-order valence-corrected chi connectivity index (χ1v) is 7.97. The van der Waals surface area contributed by atoms with E-state index >= 15 is 0 Å². The van der Waals surface area contributed by atoms with Crippen LogP contribution < -0.4 is 5.32 Å². The number of rotatable bonds is 6. The lowest BCUT2D eigenvalue weighted by Gasteiger charge is -1.97. The van der Waals surface area contributed by atoms with Gasteiger partial charge >= 0.3 is 0 Å². The van der Waals surface area contributed by atoms with Crippen molar-refractivity contribution in [2.24, 2.45) is 0 Å². The molecule has 2 heterocycles. The highest BCUT2D eigenvalue weighted by atomic mass is 32.2. The fraction of sp³-hybridized carbons (Fsp3) is 0.143. The Labute approximate surface area is 125 Å². The molecule has 0 unspecified atom stereocenters. The number of hydrogen-bond donors (Lipinski definition) is 1. The normalized spacial score (nSPS) is 10.6. The Morgan fingerprint density at radius 2 is 2.00 bits per heavy atom. The number of nitrogens with one attached hydrogen (secondary N) is 1. The lowest BCUT2D eigenvalue weighted by atomic mass is 10.2. The third kappa shape index (κ3) is 3.61. The molecular weight excluding hydrogens is 290 g/mol. The van der Waals surface area contributed by atoms with E-state index < -0.39 is 0 Å². The smallest absolute Gasteiger partial charge is 0.206 e. The van der Waals surface area contributed by atoms with Crippen LogP contribution in [0.2, 0.25) is 0 Å². The molecule has 0 saturated carbocycles. The maximum absolute atomic E-state index is 5.26. The van der Waals surface area contributed by atoms with E-state index in [1.807, 2.05) is 30.3 Å². The number of thioether (sulfide) groups is 1. The molecule has 102 valence electrons. The molecule has 4 nitrogen and oxygen atoms in total. The first-order chi connectivity index (χ1) is 9.90. The maximum atomic E-state index is 5.26. The molecule has 0 atom stereocenters. The van der Waals surface area contributed by atoms with Crippen LogP contribution in [-0.4, -0.2) is 10.2 Å². The summed E-state index contributed by atoms with van der Waals surface area (Å²) in [5, 5.41) is 12.3. The summed E-state index contributed by atoms with van der Waals surface area (Å²) in [6, 6.07) is 14.2. The fourth-order valence-corrected chi connectivity index (χ4v) is 3.34. The van der Waals surface area contributed by atoms with Gasteiger partial charge < -0.3 is 9.73 Å². The molecule has 0 aliphatic heterocycles. The molecule has 0 aliphatic carbocycles. The van der Waals surface area contributed by atoms with Gasteiger partial charge in [0.25, 0.3) is 0 Å². The third-order valence-electron chi connectivity index (χ3n) is 2.61. The average Bonchev–Trinajstić information content (AvgIpc) is 3.16. The van der Waals surface area contributed by atoms with Gasteiger partial charge in [-0.05, 0) is 17.7 Å². The summed E-state index contributed by atoms with van der Waals surface area (Å²) < 4.78 is 6.22. The maximum Gasteiger partial charge on any atom is 0.206 e. The van der Waals surface area contributed by atoms with Gasteiger partial charge in [-0.1, -0.05) is 53.4 Å². The number of benzene rings is 1. The van der Waals surface area contributed by atoms with Crippen molar-refractivity contribution >= 4 is 28.2 Å². The topological polar surface area (TPSA) is 51.0 Å².